The van der Waals surface area contributed by atoms with Gasteiger partial charge in [0.05, 0.1) is 11.4 Å². The van der Waals surface area contributed by atoms with Crippen molar-refractivity contribution in [3.8, 4) is 0 Å². The zero-order valence-electron chi connectivity index (χ0n) is 10.5. The van der Waals surface area contributed by atoms with Crippen LogP contribution in [0.15, 0.2) is 5.38 Å². The molecule has 92 valence electrons. The Morgan fingerprint density at radius 1 is 1.41 bits per heavy atom. The van der Waals surface area contributed by atoms with Crippen LogP contribution in [0.3, 0.4) is 0 Å². The van der Waals surface area contributed by atoms with E-state index in [1.54, 1.807) is 11.3 Å². The summed E-state index contributed by atoms with van der Waals surface area (Å²) in [5.74, 6) is 0. The summed E-state index contributed by atoms with van der Waals surface area (Å²) in [4.78, 5) is 5.75. The number of nitrogens with one attached hydrogen (secondary N) is 1. The SMILES string of the molecule is Cc1nc2scc(C)n2c1CNC1CCCC1. The van der Waals surface area contributed by atoms with Gasteiger partial charge in [0.15, 0.2) is 4.96 Å². The molecular formula is C13H19N3S. The van der Waals surface area contributed by atoms with E-state index in [9.17, 15) is 0 Å². The second-order valence-electron chi connectivity index (χ2n) is 5.00. The van der Waals surface area contributed by atoms with Gasteiger partial charge in [0.1, 0.15) is 0 Å². The van der Waals surface area contributed by atoms with Gasteiger partial charge in [0.2, 0.25) is 0 Å². The molecule has 0 unspecified atom stereocenters. The summed E-state index contributed by atoms with van der Waals surface area (Å²) >= 11 is 1.73. The molecule has 1 aliphatic rings. The van der Waals surface area contributed by atoms with Gasteiger partial charge in [0.25, 0.3) is 0 Å². The Kier molecular flexibility index (Phi) is 2.92. The topological polar surface area (TPSA) is 29.3 Å². The molecule has 0 bridgehead atoms. The Hall–Kier alpha value is -0.870. The monoisotopic (exact) mass is 249 g/mol. The van der Waals surface area contributed by atoms with Gasteiger partial charge in [-0.05, 0) is 26.7 Å². The van der Waals surface area contributed by atoms with Crippen LogP contribution in [0.5, 0.6) is 0 Å². The minimum atomic E-state index is 0.721. The van der Waals surface area contributed by atoms with Gasteiger partial charge in [-0.15, -0.1) is 11.3 Å². The average Bonchev–Trinajstić information content (AvgIpc) is 2.97. The van der Waals surface area contributed by atoms with Crippen LogP contribution >= 0.6 is 11.3 Å². The third kappa shape index (κ3) is 2.00. The van der Waals surface area contributed by atoms with Gasteiger partial charge in [-0.2, -0.15) is 0 Å². The van der Waals surface area contributed by atoms with E-state index in [0.29, 0.717) is 0 Å². The summed E-state index contributed by atoms with van der Waals surface area (Å²) in [6.07, 6.45) is 5.44. The lowest BCUT2D eigenvalue weighted by Crippen LogP contribution is -2.26. The number of thiazole rings is 1. The number of imidazole rings is 1. The first-order valence-electron chi connectivity index (χ1n) is 6.41. The molecule has 1 fully saturated rings. The first kappa shape index (κ1) is 11.2. The van der Waals surface area contributed by atoms with E-state index < -0.39 is 0 Å². The Labute approximate surface area is 106 Å². The number of rotatable bonds is 3. The lowest BCUT2D eigenvalue weighted by atomic mass is 10.2. The van der Waals surface area contributed by atoms with Crippen LogP contribution in [0.4, 0.5) is 0 Å². The molecular weight excluding hydrogens is 230 g/mol. The molecule has 1 N–H and O–H groups in total. The van der Waals surface area contributed by atoms with Crippen LogP contribution in [-0.2, 0) is 6.54 Å². The van der Waals surface area contributed by atoms with Crippen LogP contribution in [0.25, 0.3) is 4.96 Å². The summed E-state index contributed by atoms with van der Waals surface area (Å²) < 4.78 is 2.29. The van der Waals surface area contributed by atoms with Crippen molar-refractivity contribution in [1.82, 2.24) is 14.7 Å². The maximum absolute atomic E-state index is 4.62. The van der Waals surface area contributed by atoms with Gasteiger partial charge >= 0.3 is 0 Å². The molecule has 0 aliphatic heterocycles. The van der Waals surface area contributed by atoms with Gasteiger partial charge in [-0.25, -0.2) is 4.98 Å². The van der Waals surface area contributed by atoms with E-state index in [2.05, 4.69) is 33.9 Å². The largest absolute Gasteiger partial charge is 0.308 e. The number of aryl methyl sites for hydroxylation is 2. The number of aromatic nitrogens is 2. The molecule has 0 amide bonds. The number of hydrogen-bond acceptors (Lipinski definition) is 3. The minimum absolute atomic E-state index is 0.721. The van der Waals surface area contributed by atoms with Crippen molar-refractivity contribution >= 4 is 16.3 Å². The zero-order chi connectivity index (χ0) is 11.8. The van der Waals surface area contributed by atoms with Crippen molar-refractivity contribution in [3.05, 3.63) is 22.5 Å². The summed E-state index contributed by atoms with van der Waals surface area (Å²) in [6, 6.07) is 0.721. The Balaban J connectivity index is 1.83. The van der Waals surface area contributed by atoms with E-state index in [-0.39, 0.29) is 0 Å². The molecule has 0 radical (unpaired) electrons. The highest BCUT2D eigenvalue weighted by Gasteiger charge is 2.17. The molecule has 1 saturated carbocycles. The quantitative estimate of drug-likeness (QED) is 0.906. The molecule has 0 saturated heterocycles. The lowest BCUT2D eigenvalue weighted by molar-refractivity contribution is 0.517. The minimum Gasteiger partial charge on any atom is -0.308 e. The third-order valence-electron chi connectivity index (χ3n) is 3.74. The maximum Gasteiger partial charge on any atom is 0.194 e. The van der Waals surface area contributed by atoms with Crippen LogP contribution in [-0.4, -0.2) is 15.4 Å². The molecule has 17 heavy (non-hydrogen) atoms. The summed E-state index contributed by atoms with van der Waals surface area (Å²) in [7, 11) is 0. The zero-order valence-corrected chi connectivity index (χ0v) is 11.3. The Bertz CT molecular complexity index is 520. The first-order chi connectivity index (χ1) is 8.25. The fourth-order valence-corrected chi connectivity index (χ4v) is 3.68. The first-order valence-corrected chi connectivity index (χ1v) is 7.29. The second kappa shape index (κ2) is 4.42. The number of nitrogens with zero attached hydrogens (tertiary/aromatic N) is 2. The number of fused-ring (bicyclic) bond motifs is 1. The highest BCUT2D eigenvalue weighted by molar-refractivity contribution is 7.15. The lowest BCUT2D eigenvalue weighted by Gasteiger charge is -2.12. The van der Waals surface area contributed by atoms with Crippen LogP contribution in [0, 0.1) is 13.8 Å². The molecule has 3 nitrogen and oxygen atoms in total. The fraction of sp³-hybridized carbons (Fsp3) is 0.615. The predicted molar refractivity (Wildman–Crippen MR) is 71.6 cm³/mol. The summed E-state index contributed by atoms with van der Waals surface area (Å²) in [5, 5.41) is 5.86. The van der Waals surface area contributed by atoms with Crippen LogP contribution in [0.2, 0.25) is 0 Å². The Morgan fingerprint density at radius 2 is 2.18 bits per heavy atom. The molecule has 4 heteroatoms. The van der Waals surface area contributed by atoms with E-state index in [0.717, 1.165) is 17.5 Å². The highest BCUT2D eigenvalue weighted by atomic mass is 32.1. The molecule has 0 atom stereocenters. The van der Waals surface area contributed by atoms with Crippen molar-refractivity contribution < 1.29 is 0 Å². The molecule has 0 spiro atoms. The second-order valence-corrected chi connectivity index (χ2v) is 5.84. The van der Waals surface area contributed by atoms with E-state index in [1.165, 1.54) is 42.8 Å². The van der Waals surface area contributed by atoms with E-state index in [1.807, 2.05) is 0 Å². The average molecular weight is 249 g/mol. The van der Waals surface area contributed by atoms with Crippen LogP contribution in [0.1, 0.15) is 42.8 Å². The van der Waals surface area contributed by atoms with Gasteiger partial charge in [-0.3, -0.25) is 4.40 Å². The van der Waals surface area contributed by atoms with Crippen molar-refractivity contribution in [2.45, 2.75) is 52.1 Å². The molecule has 1 aliphatic carbocycles. The fourth-order valence-electron chi connectivity index (χ4n) is 2.75. The molecule has 3 rings (SSSR count). The molecule has 2 heterocycles. The molecule has 2 aromatic rings. The predicted octanol–water partition coefficient (Wildman–Crippen LogP) is 3.04. The molecule has 2 aromatic heterocycles. The van der Waals surface area contributed by atoms with Crippen molar-refractivity contribution in [3.63, 3.8) is 0 Å². The standard InChI is InChI=1S/C13H19N3S/c1-9-8-17-13-15-10(2)12(16(9)13)7-14-11-5-3-4-6-11/h8,11,14H,3-7H2,1-2H3. The van der Waals surface area contributed by atoms with Gasteiger partial charge in [0, 0.05) is 23.7 Å². The Morgan fingerprint density at radius 3 is 2.94 bits per heavy atom. The molecule has 0 aromatic carbocycles. The van der Waals surface area contributed by atoms with Crippen molar-refractivity contribution in [2.24, 2.45) is 0 Å². The van der Waals surface area contributed by atoms with E-state index >= 15 is 0 Å². The smallest absolute Gasteiger partial charge is 0.194 e. The maximum atomic E-state index is 4.62. The highest BCUT2D eigenvalue weighted by Crippen LogP contribution is 2.22. The van der Waals surface area contributed by atoms with Crippen molar-refractivity contribution in [1.29, 1.82) is 0 Å². The van der Waals surface area contributed by atoms with Gasteiger partial charge < -0.3 is 5.32 Å². The van der Waals surface area contributed by atoms with Crippen LogP contribution < -0.4 is 5.32 Å². The summed E-state index contributed by atoms with van der Waals surface area (Å²) in [5.41, 5.74) is 3.81. The normalized spacial score (nSPS) is 17.3. The van der Waals surface area contributed by atoms with Crippen molar-refractivity contribution in [2.75, 3.05) is 0 Å². The van der Waals surface area contributed by atoms with Gasteiger partial charge in [-0.1, -0.05) is 12.8 Å². The third-order valence-corrected chi connectivity index (χ3v) is 4.69. The summed E-state index contributed by atoms with van der Waals surface area (Å²) in [6.45, 7) is 5.23. The number of hydrogen-bond donors (Lipinski definition) is 1. The van der Waals surface area contributed by atoms with E-state index in [4.69, 9.17) is 0 Å².